The molecule has 1 saturated heterocycles. The third kappa shape index (κ3) is 5.89. The topological polar surface area (TPSA) is 46.2 Å². The van der Waals surface area contributed by atoms with Crippen molar-refractivity contribution in [3.8, 4) is 0 Å². The zero-order valence-electron chi connectivity index (χ0n) is 12.7. The van der Waals surface area contributed by atoms with Crippen LogP contribution in [0.2, 0.25) is 52.4 Å². The van der Waals surface area contributed by atoms with Crippen molar-refractivity contribution < 1.29 is 20.6 Å². The van der Waals surface area contributed by atoms with Crippen LogP contribution in [0.1, 0.15) is 0 Å². The van der Waals surface area contributed by atoms with Gasteiger partial charge in [0.1, 0.15) is 0 Å². The van der Waals surface area contributed by atoms with Crippen molar-refractivity contribution in [3.05, 3.63) is 0 Å². The lowest BCUT2D eigenvalue weighted by Crippen LogP contribution is -2.59. The molecule has 5 nitrogen and oxygen atoms in total. The highest BCUT2D eigenvalue weighted by molar-refractivity contribution is 6.89. The molecule has 1 rings (SSSR count). The van der Waals surface area contributed by atoms with Gasteiger partial charge in [0.25, 0.3) is 10.0 Å². The molecule has 0 aromatic heterocycles. The van der Waals surface area contributed by atoms with E-state index in [1.54, 1.807) is 0 Å². The summed E-state index contributed by atoms with van der Waals surface area (Å²) in [6.45, 7) is 16.5. The summed E-state index contributed by atoms with van der Waals surface area (Å²) in [4.78, 5) is 0. The summed E-state index contributed by atoms with van der Waals surface area (Å²) in [5.41, 5.74) is 0. The molecule has 0 saturated carbocycles. The van der Waals surface area contributed by atoms with E-state index in [0.717, 1.165) is 0 Å². The van der Waals surface area contributed by atoms with Gasteiger partial charge in [0.15, 0.2) is 0 Å². The molecular weight excluding hydrogens is 317 g/mol. The van der Waals surface area contributed by atoms with E-state index >= 15 is 0 Å². The van der Waals surface area contributed by atoms with Crippen molar-refractivity contribution in [1.82, 2.24) is 0 Å². The SMILES string of the molecule is C[Si]1(C)O[SiH2]O[Si](C)(C)O[Si](C)(C)O[Si](C)(C)O1. The van der Waals surface area contributed by atoms with Gasteiger partial charge in [-0.2, -0.15) is 0 Å². The molecule has 1 heterocycles. The molecule has 0 unspecified atom stereocenters. The molecule has 0 radical (unpaired) electrons. The third-order valence-electron chi connectivity index (χ3n) is 2.29. The van der Waals surface area contributed by atoms with Gasteiger partial charge >= 0.3 is 34.2 Å². The molecule has 0 bridgehead atoms. The van der Waals surface area contributed by atoms with Crippen LogP contribution >= 0.6 is 0 Å². The van der Waals surface area contributed by atoms with E-state index in [1.807, 2.05) is 0 Å². The summed E-state index contributed by atoms with van der Waals surface area (Å²) in [6.07, 6.45) is 0. The van der Waals surface area contributed by atoms with Crippen LogP contribution in [0.15, 0.2) is 0 Å². The summed E-state index contributed by atoms with van der Waals surface area (Å²) in [5, 5.41) is 0. The summed E-state index contributed by atoms with van der Waals surface area (Å²) < 4.78 is 30.4. The van der Waals surface area contributed by atoms with E-state index in [-0.39, 0.29) is 0 Å². The summed E-state index contributed by atoms with van der Waals surface area (Å²) >= 11 is 0. The maximum Gasteiger partial charge on any atom is 0.314 e. The largest absolute Gasteiger partial charge is 0.420 e. The van der Waals surface area contributed by atoms with E-state index in [2.05, 4.69) is 52.4 Å². The minimum atomic E-state index is -2.20. The Morgan fingerprint density at radius 2 is 0.778 bits per heavy atom. The first-order valence-electron chi connectivity index (χ1n) is 6.21. The Kier molecular flexibility index (Phi) is 5.03. The van der Waals surface area contributed by atoms with Gasteiger partial charge in [0, 0.05) is 0 Å². The van der Waals surface area contributed by atoms with Gasteiger partial charge in [-0.25, -0.2) is 0 Å². The first-order valence-corrected chi connectivity index (χ1v) is 18.6. The number of hydrogen-bond acceptors (Lipinski definition) is 5. The van der Waals surface area contributed by atoms with Gasteiger partial charge in [-0.15, -0.1) is 0 Å². The monoisotopic (exact) mass is 342 g/mol. The smallest absolute Gasteiger partial charge is 0.314 e. The Morgan fingerprint density at radius 3 is 1.11 bits per heavy atom. The lowest BCUT2D eigenvalue weighted by molar-refractivity contribution is 0.257. The fraction of sp³-hybridized carbons (Fsp3) is 1.00. The normalized spacial score (nSPS) is 30.7. The lowest BCUT2D eigenvalue weighted by Gasteiger charge is -2.42. The Balaban J connectivity index is 2.94. The molecule has 1 aliphatic heterocycles. The molecule has 0 atom stereocenters. The van der Waals surface area contributed by atoms with Crippen molar-refractivity contribution >= 4 is 44.3 Å². The lowest BCUT2D eigenvalue weighted by atomic mass is 11.9. The molecule has 10 heteroatoms. The average molecular weight is 343 g/mol. The van der Waals surface area contributed by atoms with E-state index in [0.29, 0.717) is 0 Å². The summed E-state index contributed by atoms with van der Waals surface area (Å²) in [5.74, 6) is 0. The molecular formula is C8H26O5Si5. The molecule has 1 fully saturated rings. The van der Waals surface area contributed by atoms with Crippen molar-refractivity contribution in [2.45, 2.75) is 52.4 Å². The van der Waals surface area contributed by atoms with Crippen LogP contribution in [-0.2, 0) is 20.6 Å². The Hall–Kier alpha value is 0.884. The quantitative estimate of drug-likeness (QED) is 0.629. The van der Waals surface area contributed by atoms with Gasteiger partial charge in [-0.1, -0.05) is 0 Å². The summed E-state index contributed by atoms with van der Waals surface area (Å²) in [7, 11) is -9.68. The van der Waals surface area contributed by atoms with E-state index in [9.17, 15) is 0 Å². The van der Waals surface area contributed by atoms with Crippen molar-refractivity contribution in [2.75, 3.05) is 0 Å². The Labute approximate surface area is 117 Å². The molecule has 0 spiro atoms. The van der Waals surface area contributed by atoms with Crippen LogP contribution in [0.25, 0.3) is 0 Å². The first-order chi connectivity index (χ1) is 7.83. The van der Waals surface area contributed by atoms with Gasteiger partial charge in [0.05, 0.1) is 0 Å². The molecule has 0 N–H and O–H groups in total. The average Bonchev–Trinajstić information content (AvgIpc) is 1.91. The Morgan fingerprint density at radius 1 is 0.500 bits per heavy atom. The maximum absolute atomic E-state index is 6.23. The minimum absolute atomic E-state index is 1.03. The number of rotatable bonds is 0. The highest BCUT2D eigenvalue weighted by atomic mass is 28.5. The fourth-order valence-corrected chi connectivity index (χ4v) is 22.0. The molecule has 18 heavy (non-hydrogen) atoms. The standard InChI is InChI=1S/C8H26O5Si5/c1-15(2)9-14-10-16(3,4)12-18(7,8)13-17(5,6)11-15/h14H2,1-8H3. The summed E-state index contributed by atoms with van der Waals surface area (Å²) in [6, 6.07) is 0. The third-order valence-corrected chi connectivity index (χ3v) is 20.6. The molecule has 0 aliphatic carbocycles. The predicted octanol–water partition coefficient (Wildman–Crippen LogP) is 1.89. The van der Waals surface area contributed by atoms with Crippen molar-refractivity contribution in [2.24, 2.45) is 0 Å². The van der Waals surface area contributed by atoms with Gasteiger partial charge < -0.3 is 20.6 Å². The van der Waals surface area contributed by atoms with Crippen molar-refractivity contribution in [3.63, 3.8) is 0 Å². The van der Waals surface area contributed by atoms with E-state index < -0.39 is 44.3 Å². The fourth-order valence-electron chi connectivity index (χ4n) is 2.19. The molecule has 0 amide bonds. The minimum Gasteiger partial charge on any atom is -0.420 e. The van der Waals surface area contributed by atoms with Crippen LogP contribution in [0.4, 0.5) is 0 Å². The zero-order valence-corrected chi connectivity index (χ0v) is 18.2. The van der Waals surface area contributed by atoms with Crippen LogP contribution in [0.3, 0.4) is 0 Å². The molecule has 108 valence electrons. The highest BCUT2D eigenvalue weighted by Crippen LogP contribution is 2.25. The molecule has 1 aliphatic rings. The Bertz CT molecular complexity index is 278. The van der Waals surface area contributed by atoms with Gasteiger partial charge in [-0.3, -0.25) is 0 Å². The zero-order chi connectivity index (χ0) is 14.2. The second-order valence-corrected chi connectivity index (χ2v) is 22.5. The second-order valence-electron chi connectivity index (χ2n) is 6.31. The van der Waals surface area contributed by atoms with E-state index in [1.165, 1.54) is 0 Å². The first kappa shape index (κ1) is 16.9. The maximum atomic E-state index is 6.23. The number of hydrogen-bond donors (Lipinski definition) is 0. The van der Waals surface area contributed by atoms with Crippen LogP contribution < -0.4 is 0 Å². The van der Waals surface area contributed by atoms with Gasteiger partial charge in [0.2, 0.25) is 0 Å². The van der Waals surface area contributed by atoms with Crippen LogP contribution in [0, 0.1) is 0 Å². The van der Waals surface area contributed by atoms with Crippen molar-refractivity contribution in [1.29, 1.82) is 0 Å². The van der Waals surface area contributed by atoms with Gasteiger partial charge in [-0.05, 0) is 52.4 Å². The highest BCUT2D eigenvalue weighted by Gasteiger charge is 2.46. The van der Waals surface area contributed by atoms with Crippen LogP contribution in [-0.4, -0.2) is 44.3 Å². The molecule has 0 aromatic rings. The predicted molar refractivity (Wildman–Crippen MR) is 83.9 cm³/mol. The van der Waals surface area contributed by atoms with E-state index in [4.69, 9.17) is 20.6 Å². The van der Waals surface area contributed by atoms with Crippen LogP contribution in [0.5, 0.6) is 0 Å². The second kappa shape index (κ2) is 5.35. The molecule has 0 aromatic carbocycles.